The van der Waals surface area contributed by atoms with E-state index < -0.39 is 5.91 Å². The first-order valence-electron chi connectivity index (χ1n) is 6.82. The quantitative estimate of drug-likeness (QED) is 0.704. The second-order valence-electron chi connectivity index (χ2n) is 5.19. The Hall–Kier alpha value is -1.89. The van der Waals surface area contributed by atoms with Crippen molar-refractivity contribution in [3.63, 3.8) is 0 Å². The van der Waals surface area contributed by atoms with E-state index in [2.05, 4.69) is 15.5 Å². The monoisotopic (exact) mass is 279 g/mol. The fraction of sp³-hybridized carbons (Fsp3) is 0.615. The highest BCUT2D eigenvalue weighted by molar-refractivity contribution is 5.98. The van der Waals surface area contributed by atoms with Gasteiger partial charge in [-0.15, -0.1) is 0 Å². The molecule has 1 aromatic rings. The molecule has 0 unspecified atom stereocenters. The van der Waals surface area contributed by atoms with E-state index in [1.54, 1.807) is 18.7 Å². The first-order valence-corrected chi connectivity index (χ1v) is 6.82. The van der Waals surface area contributed by atoms with Crippen LogP contribution in [0.25, 0.3) is 0 Å². The molecule has 1 saturated heterocycles. The minimum absolute atomic E-state index is 0.0462. The zero-order valence-corrected chi connectivity index (χ0v) is 11.9. The van der Waals surface area contributed by atoms with Gasteiger partial charge in [-0.05, 0) is 39.8 Å². The van der Waals surface area contributed by atoms with Crippen molar-refractivity contribution in [2.24, 2.45) is 5.73 Å². The number of H-pyrrole nitrogens is 1. The molecule has 2 heterocycles. The summed E-state index contributed by atoms with van der Waals surface area (Å²) >= 11 is 0. The number of rotatable bonds is 4. The summed E-state index contributed by atoms with van der Waals surface area (Å²) in [6, 6.07) is 0.0462. The van der Waals surface area contributed by atoms with E-state index in [0.29, 0.717) is 11.3 Å². The van der Waals surface area contributed by atoms with Crippen LogP contribution in [0.3, 0.4) is 0 Å². The number of nitrogens with zero attached hydrogens (tertiary/aromatic N) is 2. The maximum absolute atomic E-state index is 12.7. The zero-order valence-electron chi connectivity index (χ0n) is 11.9. The number of carbonyl (C=O) groups excluding carboxylic acids is 2. The van der Waals surface area contributed by atoms with E-state index in [0.717, 1.165) is 31.6 Å². The summed E-state index contributed by atoms with van der Waals surface area (Å²) in [4.78, 5) is 25.6. The van der Waals surface area contributed by atoms with Crippen LogP contribution in [-0.2, 0) is 4.79 Å². The van der Waals surface area contributed by atoms with Gasteiger partial charge in [0.25, 0.3) is 5.91 Å². The number of nitrogens with two attached hydrogens (primary N) is 1. The zero-order chi connectivity index (χ0) is 14.7. The number of amides is 2. The Kier molecular flexibility index (Phi) is 4.39. The number of piperidine rings is 1. The van der Waals surface area contributed by atoms with Crippen molar-refractivity contribution in [2.75, 3.05) is 19.6 Å². The molecule has 4 N–H and O–H groups in total. The second-order valence-corrected chi connectivity index (χ2v) is 5.19. The molecule has 1 aromatic heterocycles. The van der Waals surface area contributed by atoms with Crippen LogP contribution in [0.4, 0.5) is 0 Å². The van der Waals surface area contributed by atoms with Crippen LogP contribution in [0.15, 0.2) is 0 Å². The Balaban J connectivity index is 2.25. The van der Waals surface area contributed by atoms with Gasteiger partial charge in [0.2, 0.25) is 5.91 Å². The molecule has 0 atom stereocenters. The Morgan fingerprint density at radius 1 is 1.35 bits per heavy atom. The number of carbonyl (C=O) groups is 2. The minimum atomic E-state index is -0.490. The molecular formula is C13H21N5O2. The SMILES string of the molecule is Cc1n[nH]c(C)c1C(=O)N(CC(N)=O)C1CCNCC1. The largest absolute Gasteiger partial charge is 0.368 e. The molecule has 0 spiro atoms. The van der Waals surface area contributed by atoms with E-state index in [1.807, 2.05) is 0 Å². The van der Waals surface area contributed by atoms with E-state index >= 15 is 0 Å². The van der Waals surface area contributed by atoms with Crippen molar-refractivity contribution >= 4 is 11.8 Å². The molecule has 0 aliphatic carbocycles. The lowest BCUT2D eigenvalue weighted by atomic mass is 10.0. The number of aryl methyl sites for hydroxylation is 2. The van der Waals surface area contributed by atoms with Gasteiger partial charge < -0.3 is 16.0 Å². The Bertz CT molecular complexity index is 485. The average molecular weight is 279 g/mol. The van der Waals surface area contributed by atoms with Crippen molar-refractivity contribution in [1.82, 2.24) is 20.4 Å². The predicted octanol–water partition coefficient (Wildman–Crippen LogP) is -0.294. The smallest absolute Gasteiger partial charge is 0.258 e. The Labute approximate surface area is 117 Å². The minimum Gasteiger partial charge on any atom is -0.368 e. The normalized spacial score (nSPS) is 16.1. The van der Waals surface area contributed by atoms with E-state index in [1.165, 1.54) is 0 Å². The number of hydrogen-bond donors (Lipinski definition) is 3. The topological polar surface area (TPSA) is 104 Å². The van der Waals surface area contributed by atoms with E-state index in [-0.39, 0.29) is 18.5 Å². The van der Waals surface area contributed by atoms with Gasteiger partial charge in [-0.3, -0.25) is 14.7 Å². The first-order chi connectivity index (χ1) is 9.50. The van der Waals surface area contributed by atoms with E-state index in [4.69, 9.17) is 5.73 Å². The lowest BCUT2D eigenvalue weighted by Gasteiger charge is -2.34. The Morgan fingerprint density at radius 3 is 2.50 bits per heavy atom. The van der Waals surface area contributed by atoms with Gasteiger partial charge in [0, 0.05) is 11.7 Å². The predicted molar refractivity (Wildman–Crippen MR) is 74.2 cm³/mol. The molecule has 0 radical (unpaired) electrons. The van der Waals surface area contributed by atoms with Crippen molar-refractivity contribution in [3.8, 4) is 0 Å². The van der Waals surface area contributed by atoms with Gasteiger partial charge >= 0.3 is 0 Å². The molecule has 0 saturated carbocycles. The van der Waals surface area contributed by atoms with Gasteiger partial charge in [-0.25, -0.2) is 0 Å². The molecule has 1 aliphatic rings. The molecule has 1 fully saturated rings. The molecular weight excluding hydrogens is 258 g/mol. The van der Waals surface area contributed by atoms with Gasteiger partial charge in [0.05, 0.1) is 17.8 Å². The average Bonchev–Trinajstić information content (AvgIpc) is 2.75. The van der Waals surface area contributed by atoms with Gasteiger partial charge in [-0.1, -0.05) is 0 Å². The highest BCUT2D eigenvalue weighted by atomic mass is 16.2. The third-order valence-electron chi connectivity index (χ3n) is 3.68. The molecule has 2 rings (SSSR count). The number of hydrogen-bond acceptors (Lipinski definition) is 4. The molecule has 7 heteroatoms. The Morgan fingerprint density at radius 2 is 2.00 bits per heavy atom. The van der Waals surface area contributed by atoms with Crippen molar-refractivity contribution in [3.05, 3.63) is 17.0 Å². The number of aromatic amines is 1. The van der Waals surface area contributed by atoms with Crippen molar-refractivity contribution < 1.29 is 9.59 Å². The number of nitrogens with one attached hydrogen (secondary N) is 2. The van der Waals surface area contributed by atoms with Crippen LogP contribution in [0.1, 0.15) is 34.6 Å². The van der Waals surface area contributed by atoms with Crippen LogP contribution in [0.5, 0.6) is 0 Å². The van der Waals surface area contributed by atoms with Crippen LogP contribution in [0.2, 0.25) is 0 Å². The highest BCUT2D eigenvalue weighted by Gasteiger charge is 2.29. The fourth-order valence-electron chi connectivity index (χ4n) is 2.66. The van der Waals surface area contributed by atoms with Gasteiger partial charge in [-0.2, -0.15) is 5.10 Å². The van der Waals surface area contributed by atoms with Crippen LogP contribution < -0.4 is 11.1 Å². The van der Waals surface area contributed by atoms with Crippen LogP contribution in [0, 0.1) is 13.8 Å². The fourth-order valence-corrected chi connectivity index (χ4v) is 2.66. The maximum atomic E-state index is 12.7. The summed E-state index contributed by atoms with van der Waals surface area (Å²) in [7, 11) is 0. The molecule has 0 aromatic carbocycles. The first kappa shape index (κ1) is 14.5. The third-order valence-corrected chi connectivity index (χ3v) is 3.68. The van der Waals surface area contributed by atoms with E-state index in [9.17, 15) is 9.59 Å². The third kappa shape index (κ3) is 2.98. The summed E-state index contributed by atoms with van der Waals surface area (Å²) in [5.41, 5.74) is 7.21. The molecule has 1 aliphatic heterocycles. The number of aromatic nitrogens is 2. The highest BCUT2D eigenvalue weighted by Crippen LogP contribution is 2.18. The molecule has 2 amide bonds. The second kappa shape index (κ2) is 6.04. The maximum Gasteiger partial charge on any atom is 0.258 e. The number of primary amides is 1. The lowest BCUT2D eigenvalue weighted by molar-refractivity contribution is -0.119. The molecule has 7 nitrogen and oxygen atoms in total. The standard InChI is InChI=1S/C13H21N5O2/c1-8-12(9(2)17-16-8)13(20)18(7-11(14)19)10-3-5-15-6-4-10/h10,15H,3-7H2,1-2H3,(H2,14,19)(H,16,17). The van der Waals surface area contributed by atoms with Crippen LogP contribution in [-0.4, -0.2) is 52.6 Å². The molecule has 20 heavy (non-hydrogen) atoms. The van der Waals surface area contributed by atoms with Gasteiger partial charge in [0.1, 0.15) is 0 Å². The molecule has 110 valence electrons. The summed E-state index contributed by atoms with van der Waals surface area (Å²) in [6.45, 7) is 5.22. The summed E-state index contributed by atoms with van der Waals surface area (Å²) in [6.07, 6.45) is 1.66. The summed E-state index contributed by atoms with van der Waals surface area (Å²) in [5, 5.41) is 10.1. The van der Waals surface area contributed by atoms with Crippen molar-refractivity contribution in [1.29, 1.82) is 0 Å². The summed E-state index contributed by atoms with van der Waals surface area (Å²) in [5.74, 6) is -0.657. The van der Waals surface area contributed by atoms with Gasteiger partial charge in [0.15, 0.2) is 0 Å². The van der Waals surface area contributed by atoms with Crippen molar-refractivity contribution in [2.45, 2.75) is 32.7 Å². The lowest BCUT2D eigenvalue weighted by Crippen LogP contribution is -2.49. The summed E-state index contributed by atoms with van der Waals surface area (Å²) < 4.78 is 0. The molecule has 0 bridgehead atoms. The van der Waals surface area contributed by atoms with Crippen LogP contribution >= 0.6 is 0 Å².